The summed E-state index contributed by atoms with van der Waals surface area (Å²) in [7, 11) is 0. The lowest BCUT2D eigenvalue weighted by Gasteiger charge is -2.14. The van der Waals surface area contributed by atoms with E-state index in [2.05, 4.69) is 15.4 Å². The molecule has 4 aromatic rings. The molecule has 0 spiro atoms. The van der Waals surface area contributed by atoms with Gasteiger partial charge in [0.25, 0.3) is 5.56 Å². The van der Waals surface area contributed by atoms with Gasteiger partial charge in [0.2, 0.25) is 11.7 Å². The Morgan fingerprint density at radius 3 is 2.56 bits per heavy atom. The van der Waals surface area contributed by atoms with Gasteiger partial charge in [-0.2, -0.15) is 9.50 Å². The molecular weight excluding hydrogens is 426 g/mol. The number of amides is 1. The summed E-state index contributed by atoms with van der Waals surface area (Å²) in [4.78, 5) is 30.4. The SMILES string of the molecule is CCn1c(C)c(CCC(=O)Nc2cccc(Cl)c2C)c(=O)n2nc(-c3ccccc3)nc12. The predicted octanol–water partition coefficient (Wildman–Crippen LogP) is 4.42. The molecule has 1 amide bonds. The number of rotatable bonds is 6. The molecular formula is C24H24ClN5O2. The van der Waals surface area contributed by atoms with Crippen LogP contribution in [0.1, 0.15) is 30.2 Å². The number of hydrogen-bond donors (Lipinski definition) is 1. The number of aryl methyl sites for hydroxylation is 1. The third kappa shape index (κ3) is 4.03. The zero-order chi connectivity index (χ0) is 22.8. The van der Waals surface area contributed by atoms with Crippen LogP contribution >= 0.6 is 11.6 Å². The van der Waals surface area contributed by atoms with Gasteiger partial charge in [-0.1, -0.05) is 48.0 Å². The molecule has 32 heavy (non-hydrogen) atoms. The number of carbonyl (C=O) groups excluding carboxylic acids is 1. The molecule has 2 aromatic carbocycles. The van der Waals surface area contributed by atoms with Crippen molar-refractivity contribution in [2.75, 3.05) is 5.32 Å². The lowest BCUT2D eigenvalue weighted by atomic mass is 10.1. The molecule has 8 heteroatoms. The van der Waals surface area contributed by atoms with Gasteiger partial charge in [0.05, 0.1) is 0 Å². The first-order valence-electron chi connectivity index (χ1n) is 10.5. The van der Waals surface area contributed by atoms with Gasteiger partial charge in [-0.05, 0) is 44.9 Å². The zero-order valence-corrected chi connectivity index (χ0v) is 19.0. The molecule has 0 atom stereocenters. The largest absolute Gasteiger partial charge is 0.326 e. The minimum absolute atomic E-state index is 0.164. The van der Waals surface area contributed by atoms with Crippen molar-refractivity contribution < 1.29 is 4.79 Å². The van der Waals surface area contributed by atoms with Crippen LogP contribution in [0.3, 0.4) is 0 Å². The minimum atomic E-state index is -0.247. The van der Waals surface area contributed by atoms with Gasteiger partial charge in [0.1, 0.15) is 0 Å². The molecule has 0 aliphatic heterocycles. The van der Waals surface area contributed by atoms with E-state index < -0.39 is 0 Å². The van der Waals surface area contributed by atoms with E-state index in [1.165, 1.54) is 4.52 Å². The van der Waals surface area contributed by atoms with Crippen LogP contribution in [0.15, 0.2) is 53.3 Å². The van der Waals surface area contributed by atoms with Gasteiger partial charge in [-0.25, -0.2) is 0 Å². The standard InChI is InChI=1S/C24H24ClN5O2/c1-4-29-16(3)18(13-14-21(31)26-20-12-8-11-19(25)15(20)2)23(32)30-24(29)27-22(28-30)17-9-6-5-7-10-17/h5-12H,4,13-14H2,1-3H3,(H,26,31). The van der Waals surface area contributed by atoms with Crippen molar-refractivity contribution in [3.63, 3.8) is 0 Å². The maximum Gasteiger partial charge on any atom is 0.279 e. The summed E-state index contributed by atoms with van der Waals surface area (Å²) < 4.78 is 3.29. The Hall–Kier alpha value is -3.45. The van der Waals surface area contributed by atoms with E-state index in [-0.39, 0.29) is 17.9 Å². The van der Waals surface area contributed by atoms with Crippen LogP contribution < -0.4 is 10.9 Å². The van der Waals surface area contributed by atoms with Gasteiger partial charge in [-0.3, -0.25) is 9.59 Å². The summed E-state index contributed by atoms with van der Waals surface area (Å²) in [5, 5.41) is 7.94. The zero-order valence-electron chi connectivity index (χ0n) is 18.2. The van der Waals surface area contributed by atoms with Crippen LogP contribution in [0.2, 0.25) is 5.02 Å². The van der Waals surface area contributed by atoms with Crippen LogP contribution in [-0.2, 0) is 17.8 Å². The van der Waals surface area contributed by atoms with Gasteiger partial charge >= 0.3 is 0 Å². The first-order chi connectivity index (χ1) is 15.4. The Bertz CT molecular complexity index is 1360. The number of anilines is 1. The van der Waals surface area contributed by atoms with E-state index in [1.54, 1.807) is 18.2 Å². The second-order valence-electron chi connectivity index (χ2n) is 7.59. The number of fused-ring (bicyclic) bond motifs is 1. The molecule has 164 valence electrons. The molecule has 0 radical (unpaired) electrons. The van der Waals surface area contributed by atoms with E-state index in [0.717, 1.165) is 16.8 Å². The number of carbonyl (C=O) groups is 1. The second kappa shape index (κ2) is 8.96. The van der Waals surface area contributed by atoms with E-state index >= 15 is 0 Å². The maximum absolute atomic E-state index is 13.2. The number of nitrogens with zero attached hydrogens (tertiary/aromatic N) is 4. The third-order valence-corrected chi connectivity index (χ3v) is 6.03. The van der Waals surface area contributed by atoms with Crippen LogP contribution in [0, 0.1) is 13.8 Å². The van der Waals surface area contributed by atoms with E-state index in [0.29, 0.717) is 40.8 Å². The highest BCUT2D eigenvalue weighted by Crippen LogP contribution is 2.23. The van der Waals surface area contributed by atoms with Gasteiger partial charge in [-0.15, -0.1) is 5.10 Å². The normalized spacial score (nSPS) is 11.1. The topological polar surface area (TPSA) is 81.3 Å². The fraction of sp³-hybridized carbons (Fsp3) is 0.250. The van der Waals surface area contributed by atoms with Gasteiger partial charge in [0, 0.05) is 40.5 Å². The highest BCUT2D eigenvalue weighted by atomic mass is 35.5. The Labute approximate surface area is 190 Å². The lowest BCUT2D eigenvalue weighted by Crippen LogP contribution is -2.27. The molecule has 0 aliphatic rings. The number of aromatic nitrogens is 4. The van der Waals surface area contributed by atoms with Crippen molar-refractivity contribution in [1.29, 1.82) is 0 Å². The smallest absolute Gasteiger partial charge is 0.279 e. The number of halogens is 1. The minimum Gasteiger partial charge on any atom is -0.326 e. The number of hydrogen-bond acceptors (Lipinski definition) is 4. The summed E-state index contributed by atoms with van der Waals surface area (Å²) in [5.41, 5.74) is 3.43. The summed E-state index contributed by atoms with van der Waals surface area (Å²) >= 11 is 6.14. The Kier molecular flexibility index (Phi) is 6.10. The van der Waals surface area contributed by atoms with Crippen LogP contribution in [0.4, 0.5) is 5.69 Å². The first kappa shape index (κ1) is 21.8. The number of nitrogens with one attached hydrogen (secondary N) is 1. The average molecular weight is 450 g/mol. The van der Waals surface area contributed by atoms with Crippen LogP contribution in [0.25, 0.3) is 17.2 Å². The highest BCUT2D eigenvalue weighted by Gasteiger charge is 2.19. The lowest BCUT2D eigenvalue weighted by molar-refractivity contribution is -0.116. The summed E-state index contributed by atoms with van der Waals surface area (Å²) in [6.45, 7) is 6.36. The fourth-order valence-electron chi connectivity index (χ4n) is 3.78. The summed E-state index contributed by atoms with van der Waals surface area (Å²) in [6, 6.07) is 14.9. The molecule has 1 N–H and O–H groups in total. The van der Waals surface area contributed by atoms with Crippen molar-refractivity contribution in [3.8, 4) is 11.4 Å². The summed E-state index contributed by atoms with van der Waals surface area (Å²) in [5.74, 6) is 0.813. The Morgan fingerprint density at radius 1 is 1.09 bits per heavy atom. The Balaban J connectivity index is 1.64. The molecule has 0 aliphatic carbocycles. The average Bonchev–Trinajstić information content (AvgIpc) is 3.23. The van der Waals surface area contributed by atoms with Crippen molar-refractivity contribution in [2.24, 2.45) is 0 Å². The number of benzene rings is 2. The Morgan fingerprint density at radius 2 is 1.84 bits per heavy atom. The molecule has 0 saturated carbocycles. The molecule has 7 nitrogen and oxygen atoms in total. The predicted molar refractivity (Wildman–Crippen MR) is 126 cm³/mol. The highest BCUT2D eigenvalue weighted by molar-refractivity contribution is 6.31. The molecule has 0 unspecified atom stereocenters. The fourth-order valence-corrected chi connectivity index (χ4v) is 3.95. The van der Waals surface area contributed by atoms with E-state index in [4.69, 9.17) is 11.6 Å². The van der Waals surface area contributed by atoms with Crippen molar-refractivity contribution in [3.05, 3.63) is 80.7 Å². The summed E-state index contributed by atoms with van der Waals surface area (Å²) in [6.07, 6.45) is 0.462. The van der Waals surface area contributed by atoms with Crippen LogP contribution in [-0.4, -0.2) is 25.1 Å². The van der Waals surface area contributed by atoms with Crippen LogP contribution in [0.5, 0.6) is 0 Å². The van der Waals surface area contributed by atoms with Crippen molar-refractivity contribution in [1.82, 2.24) is 19.2 Å². The molecule has 4 rings (SSSR count). The quantitative estimate of drug-likeness (QED) is 0.472. The molecule has 0 fully saturated rings. The van der Waals surface area contributed by atoms with Gasteiger partial charge < -0.3 is 9.88 Å². The molecule has 0 bridgehead atoms. The molecule has 2 aromatic heterocycles. The third-order valence-electron chi connectivity index (χ3n) is 5.62. The van der Waals surface area contributed by atoms with E-state index in [9.17, 15) is 9.59 Å². The second-order valence-corrected chi connectivity index (χ2v) is 7.99. The van der Waals surface area contributed by atoms with Crippen molar-refractivity contribution in [2.45, 2.75) is 40.2 Å². The van der Waals surface area contributed by atoms with E-state index in [1.807, 2.05) is 55.7 Å². The molecule has 2 heterocycles. The molecule has 0 saturated heterocycles. The van der Waals surface area contributed by atoms with Crippen molar-refractivity contribution >= 4 is 29.0 Å². The maximum atomic E-state index is 13.2. The first-order valence-corrected chi connectivity index (χ1v) is 10.9. The monoisotopic (exact) mass is 449 g/mol. The van der Waals surface area contributed by atoms with Gasteiger partial charge in [0.15, 0.2) is 5.82 Å².